The molecule has 8 heteroatoms. The summed E-state index contributed by atoms with van der Waals surface area (Å²) < 4.78 is 10.9. The first-order valence-electron chi connectivity index (χ1n) is 12.1. The molecule has 0 amide bonds. The fourth-order valence-electron chi connectivity index (χ4n) is 3.23. The highest BCUT2D eigenvalue weighted by atomic mass is 16.6. The lowest BCUT2D eigenvalue weighted by molar-refractivity contribution is -0.154. The molecule has 0 spiro atoms. The predicted molar refractivity (Wildman–Crippen MR) is 141 cm³/mol. The minimum absolute atomic E-state index is 0.0436. The van der Waals surface area contributed by atoms with Crippen molar-refractivity contribution in [2.24, 2.45) is 15.6 Å². The van der Waals surface area contributed by atoms with Crippen LogP contribution in [0.3, 0.4) is 0 Å². The standard InChI is InChI=1S/C30H28N4O4/c1-4-30(2,3)29(36)38-16-15-37-26-12-8-23(9-13-26)28(35)18-21-5-10-25(11-6-21)33-34-27-14-7-22(19-31)17-24(27)20-32/h5-14,17H,4,15-16,18H2,1-3H3. The number of Topliss-reactive ketones (excluding diaryl/α,β-unsaturated/α-hetero) is 1. The monoisotopic (exact) mass is 508 g/mol. The highest BCUT2D eigenvalue weighted by Crippen LogP contribution is 2.24. The van der Waals surface area contributed by atoms with Gasteiger partial charge in [-0.1, -0.05) is 19.1 Å². The molecule has 3 aromatic carbocycles. The van der Waals surface area contributed by atoms with Crippen molar-refractivity contribution in [3.63, 3.8) is 0 Å². The van der Waals surface area contributed by atoms with Gasteiger partial charge in [-0.25, -0.2) is 0 Å². The summed E-state index contributed by atoms with van der Waals surface area (Å²) in [6.07, 6.45) is 0.913. The van der Waals surface area contributed by atoms with Crippen LogP contribution in [0.15, 0.2) is 77.0 Å². The average molecular weight is 509 g/mol. The van der Waals surface area contributed by atoms with Gasteiger partial charge in [0, 0.05) is 12.0 Å². The van der Waals surface area contributed by atoms with E-state index in [4.69, 9.17) is 14.7 Å². The van der Waals surface area contributed by atoms with Crippen LogP contribution in [0.1, 0.15) is 54.2 Å². The van der Waals surface area contributed by atoms with E-state index in [1.165, 1.54) is 6.07 Å². The quantitative estimate of drug-likeness (QED) is 0.124. The summed E-state index contributed by atoms with van der Waals surface area (Å²) in [6, 6.07) is 22.5. The maximum Gasteiger partial charge on any atom is 0.311 e. The van der Waals surface area contributed by atoms with Gasteiger partial charge in [0.05, 0.1) is 28.3 Å². The van der Waals surface area contributed by atoms with Crippen LogP contribution in [0.5, 0.6) is 5.75 Å². The lowest BCUT2D eigenvalue weighted by Gasteiger charge is -2.20. The summed E-state index contributed by atoms with van der Waals surface area (Å²) in [7, 11) is 0. The molecule has 0 aliphatic heterocycles. The van der Waals surface area contributed by atoms with Gasteiger partial charge in [-0.2, -0.15) is 15.6 Å². The third kappa shape index (κ3) is 7.59. The summed E-state index contributed by atoms with van der Waals surface area (Å²) in [5.41, 5.74) is 2.46. The van der Waals surface area contributed by atoms with Crippen molar-refractivity contribution in [1.82, 2.24) is 0 Å². The molecule has 0 atom stereocenters. The Morgan fingerprint density at radius 3 is 2.24 bits per heavy atom. The number of azo groups is 1. The molecule has 0 fully saturated rings. The largest absolute Gasteiger partial charge is 0.490 e. The zero-order chi connectivity index (χ0) is 27.5. The number of benzene rings is 3. The van der Waals surface area contributed by atoms with Gasteiger partial charge in [0.2, 0.25) is 0 Å². The number of ether oxygens (including phenoxy) is 2. The minimum atomic E-state index is -0.513. The summed E-state index contributed by atoms with van der Waals surface area (Å²) in [5, 5.41) is 26.5. The van der Waals surface area contributed by atoms with Crippen LogP contribution in [0, 0.1) is 28.1 Å². The van der Waals surface area contributed by atoms with Crippen LogP contribution in [-0.2, 0) is 16.0 Å². The van der Waals surface area contributed by atoms with Gasteiger partial charge in [0.15, 0.2) is 5.78 Å². The molecule has 0 aliphatic carbocycles. The van der Waals surface area contributed by atoms with Crippen LogP contribution in [-0.4, -0.2) is 25.0 Å². The number of esters is 1. The lowest BCUT2D eigenvalue weighted by Crippen LogP contribution is -2.27. The van der Waals surface area contributed by atoms with Crippen molar-refractivity contribution in [3.8, 4) is 17.9 Å². The highest BCUT2D eigenvalue weighted by Gasteiger charge is 2.26. The molecule has 0 unspecified atom stereocenters. The van der Waals surface area contributed by atoms with Gasteiger partial charge in [0.25, 0.3) is 0 Å². The Bertz CT molecular complexity index is 1400. The van der Waals surface area contributed by atoms with E-state index in [9.17, 15) is 14.9 Å². The van der Waals surface area contributed by atoms with Crippen LogP contribution in [0.25, 0.3) is 0 Å². The van der Waals surface area contributed by atoms with Crippen LogP contribution in [0.2, 0.25) is 0 Å². The number of hydrogen-bond donors (Lipinski definition) is 0. The first-order valence-corrected chi connectivity index (χ1v) is 12.1. The molecule has 0 saturated heterocycles. The van der Waals surface area contributed by atoms with Gasteiger partial charge < -0.3 is 9.47 Å². The fourth-order valence-corrected chi connectivity index (χ4v) is 3.23. The van der Waals surface area contributed by atoms with E-state index >= 15 is 0 Å². The van der Waals surface area contributed by atoms with E-state index in [1.54, 1.807) is 60.7 Å². The number of nitrogens with zero attached hydrogens (tertiary/aromatic N) is 4. The van der Waals surface area contributed by atoms with E-state index in [2.05, 4.69) is 10.2 Å². The molecule has 0 aromatic heterocycles. The van der Waals surface area contributed by atoms with E-state index in [-0.39, 0.29) is 37.0 Å². The zero-order valence-electron chi connectivity index (χ0n) is 21.6. The summed E-state index contributed by atoms with van der Waals surface area (Å²) in [5.74, 6) is 0.293. The van der Waals surface area contributed by atoms with Crippen LogP contribution in [0.4, 0.5) is 11.4 Å². The molecule has 192 valence electrons. The molecule has 38 heavy (non-hydrogen) atoms. The third-order valence-electron chi connectivity index (χ3n) is 6.02. The molecule has 0 heterocycles. The molecule has 0 bridgehead atoms. The van der Waals surface area contributed by atoms with Gasteiger partial charge >= 0.3 is 5.97 Å². The average Bonchev–Trinajstić information content (AvgIpc) is 2.94. The Labute approximate surface area is 222 Å². The number of carbonyl (C=O) groups is 2. The lowest BCUT2D eigenvalue weighted by atomic mass is 9.91. The normalized spacial score (nSPS) is 11.0. The highest BCUT2D eigenvalue weighted by molar-refractivity contribution is 5.97. The van der Waals surface area contributed by atoms with Crippen molar-refractivity contribution in [1.29, 1.82) is 10.5 Å². The van der Waals surface area contributed by atoms with Gasteiger partial charge in [0.1, 0.15) is 30.7 Å². The van der Waals surface area contributed by atoms with Gasteiger partial charge in [-0.15, -0.1) is 5.11 Å². The Balaban J connectivity index is 1.51. The first kappa shape index (κ1) is 27.8. The summed E-state index contributed by atoms with van der Waals surface area (Å²) >= 11 is 0. The zero-order valence-corrected chi connectivity index (χ0v) is 21.6. The number of rotatable bonds is 11. The first-order chi connectivity index (χ1) is 18.2. The Kier molecular flexibility index (Phi) is 9.45. The van der Waals surface area contributed by atoms with E-state index in [0.717, 1.165) is 5.56 Å². The predicted octanol–water partition coefficient (Wildman–Crippen LogP) is 6.63. The molecule has 0 saturated carbocycles. The van der Waals surface area contributed by atoms with E-state index in [1.807, 2.05) is 32.9 Å². The Hall–Kier alpha value is -4.82. The summed E-state index contributed by atoms with van der Waals surface area (Å²) in [6.45, 7) is 6.01. The molecule has 0 aliphatic rings. The number of hydrogen-bond acceptors (Lipinski definition) is 8. The molecular weight excluding hydrogens is 480 g/mol. The fraction of sp³-hybridized carbons (Fsp3) is 0.267. The van der Waals surface area contributed by atoms with Gasteiger partial charge in [-0.05, 0) is 80.4 Å². The van der Waals surface area contributed by atoms with Crippen molar-refractivity contribution in [2.75, 3.05) is 13.2 Å². The second kappa shape index (κ2) is 12.9. The van der Waals surface area contributed by atoms with Crippen LogP contribution >= 0.6 is 0 Å². The number of nitriles is 2. The molecule has 3 aromatic rings. The van der Waals surface area contributed by atoms with Crippen molar-refractivity contribution >= 4 is 23.1 Å². The third-order valence-corrected chi connectivity index (χ3v) is 6.02. The van der Waals surface area contributed by atoms with Crippen molar-refractivity contribution in [3.05, 3.63) is 89.0 Å². The minimum Gasteiger partial charge on any atom is -0.490 e. The molecule has 3 rings (SSSR count). The number of ketones is 1. The number of carbonyl (C=O) groups excluding carboxylic acids is 2. The molecule has 8 nitrogen and oxygen atoms in total. The van der Waals surface area contributed by atoms with Crippen molar-refractivity contribution in [2.45, 2.75) is 33.6 Å². The maximum absolute atomic E-state index is 12.7. The van der Waals surface area contributed by atoms with E-state index < -0.39 is 5.41 Å². The molecular formula is C30H28N4O4. The Morgan fingerprint density at radius 2 is 1.61 bits per heavy atom. The summed E-state index contributed by atoms with van der Waals surface area (Å²) in [4.78, 5) is 24.7. The maximum atomic E-state index is 12.7. The second-order valence-electron chi connectivity index (χ2n) is 9.17. The second-order valence-corrected chi connectivity index (χ2v) is 9.17. The Morgan fingerprint density at radius 1 is 0.895 bits per heavy atom. The topological polar surface area (TPSA) is 125 Å². The van der Waals surface area contributed by atoms with Gasteiger partial charge in [-0.3, -0.25) is 9.59 Å². The molecule has 0 radical (unpaired) electrons. The molecule has 0 N–H and O–H groups in total. The van der Waals surface area contributed by atoms with Crippen molar-refractivity contribution < 1.29 is 19.1 Å². The van der Waals surface area contributed by atoms with Crippen LogP contribution < -0.4 is 4.74 Å². The van der Waals surface area contributed by atoms with E-state index in [0.29, 0.717) is 34.7 Å². The SMILES string of the molecule is CCC(C)(C)C(=O)OCCOc1ccc(C(=O)Cc2ccc(N=Nc3ccc(C#N)cc3C#N)cc2)cc1. The smallest absolute Gasteiger partial charge is 0.311 e.